The molecule has 2 aliphatic heterocycles. The predicted octanol–water partition coefficient (Wildman–Crippen LogP) is 6.50. The third-order valence-electron chi connectivity index (χ3n) is 7.67. The van der Waals surface area contributed by atoms with Crippen molar-refractivity contribution in [2.45, 2.75) is 92.0 Å². The molecule has 0 saturated carbocycles. The van der Waals surface area contributed by atoms with E-state index in [4.69, 9.17) is 9.73 Å². The number of likely N-dealkylation sites (tertiary alicyclic amines) is 1. The summed E-state index contributed by atoms with van der Waals surface area (Å²) in [6.45, 7) is 14.9. The number of nitrogens with zero attached hydrogens (tertiary/aromatic N) is 3. The molecule has 1 fully saturated rings. The number of rotatable bonds is 5. The first-order valence-electron chi connectivity index (χ1n) is 14.9. The summed E-state index contributed by atoms with van der Waals surface area (Å²) in [6, 6.07) is 14.1. The molecule has 2 N–H and O–H groups in total. The summed E-state index contributed by atoms with van der Waals surface area (Å²) in [5.41, 5.74) is 3.06. The van der Waals surface area contributed by atoms with Gasteiger partial charge in [0.15, 0.2) is 0 Å². The van der Waals surface area contributed by atoms with Gasteiger partial charge in [0.2, 0.25) is 6.17 Å². The van der Waals surface area contributed by atoms with E-state index in [0.717, 1.165) is 36.1 Å². The second-order valence-electron chi connectivity index (χ2n) is 13.0. The highest BCUT2D eigenvalue weighted by Crippen LogP contribution is 2.36. The fraction of sp³-hybridized carbons (Fsp3) is 0.515. The number of para-hydroxylation sites is 1. The van der Waals surface area contributed by atoms with Crippen LogP contribution in [0.2, 0.25) is 0 Å². The van der Waals surface area contributed by atoms with Gasteiger partial charge in [-0.3, -0.25) is 14.7 Å². The molecule has 0 unspecified atom stereocenters. The summed E-state index contributed by atoms with van der Waals surface area (Å²) in [5.74, 6) is -0.323. The number of ether oxygens (including phenoxy) is 1. The lowest BCUT2D eigenvalue weighted by Gasteiger charge is -2.33. The molecule has 9 heteroatoms. The summed E-state index contributed by atoms with van der Waals surface area (Å²) >= 11 is 0. The Kier molecular flexibility index (Phi) is 9.28. The van der Waals surface area contributed by atoms with Crippen LogP contribution in [0.5, 0.6) is 0 Å². The minimum absolute atomic E-state index is 0.00916. The van der Waals surface area contributed by atoms with Gasteiger partial charge in [-0.2, -0.15) is 0 Å². The van der Waals surface area contributed by atoms with Crippen molar-refractivity contribution in [3.05, 3.63) is 59.7 Å². The minimum Gasteiger partial charge on any atom is -0.444 e. The number of nitrogens with one attached hydrogen (secondary N) is 2. The van der Waals surface area contributed by atoms with Gasteiger partial charge in [0.25, 0.3) is 5.91 Å². The smallest absolute Gasteiger partial charge is 0.410 e. The Balaban J connectivity index is 1.79. The predicted molar refractivity (Wildman–Crippen MR) is 167 cm³/mol. The first kappa shape index (κ1) is 31.1. The number of aliphatic imine (C=N–C) groups is 1. The van der Waals surface area contributed by atoms with Crippen molar-refractivity contribution < 1.29 is 19.1 Å². The van der Waals surface area contributed by atoms with Gasteiger partial charge in [-0.05, 0) is 82.6 Å². The number of aryl methyl sites for hydroxylation is 1. The Hall–Kier alpha value is -3.88. The van der Waals surface area contributed by atoms with E-state index in [9.17, 15) is 14.4 Å². The van der Waals surface area contributed by atoms with Crippen LogP contribution >= 0.6 is 0 Å². The van der Waals surface area contributed by atoms with Gasteiger partial charge in [-0.25, -0.2) is 9.59 Å². The van der Waals surface area contributed by atoms with E-state index in [0.29, 0.717) is 30.9 Å². The molecule has 2 aromatic carbocycles. The Morgan fingerprint density at radius 2 is 1.83 bits per heavy atom. The third-order valence-corrected chi connectivity index (χ3v) is 7.67. The van der Waals surface area contributed by atoms with E-state index in [1.54, 1.807) is 15.9 Å². The van der Waals surface area contributed by atoms with E-state index >= 15 is 0 Å². The van der Waals surface area contributed by atoms with E-state index in [-0.39, 0.29) is 11.3 Å². The highest BCUT2D eigenvalue weighted by atomic mass is 16.6. The molecule has 226 valence electrons. The molecular formula is C33H45N5O4. The van der Waals surface area contributed by atoms with E-state index in [1.165, 1.54) is 0 Å². The van der Waals surface area contributed by atoms with Crippen LogP contribution in [0.15, 0.2) is 53.5 Å². The number of hydrogen-bond donors (Lipinski definition) is 2. The maximum Gasteiger partial charge on any atom is 0.410 e. The van der Waals surface area contributed by atoms with E-state index < -0.39 is 29.9 Å². The Labute approximate surface area is 249 Å². The lowest BCUT2D eigenvalue weighted by molar-refractivity contribution is -0.120. The van der Waals surface area contributed by atoms with Gasteiger partial charge in [0, 0.05) is 24.3 Å². The van der Waals surface area contributed by atoms with Crippen molar-refractivity contribution in [2.75, 3.05) is 23.3 Å². The quantitative estimate of drug-likeness (QED) is 0.424. The average Bonchev–Trinajstić information content (AvgIpc) is 3.12. The SMILES string of the molecule is CCCN1C(=O)[C@H](NC(=O)Nc2cccc(C)c2)N=C([C@H]2CCC(C)(C)CCN2C(=O)OC(C)(C)C)c2ccccc21. The number of urea groups is 1. The Morgan fingerprint density at radius 1 is 1.10 bits per heavy atom. The molecule has 2 aliphatic rings. The number of anilines is 2. The monoisotopic (exact) mass is 575 g/mol. The highest BCUT2D eigenvalue weighted by Gasteiger charge is 2.41. The Bertz CT molecular complexity index is 1350. The maximum absolute atomic E-state index is 14.0. The number of fused-ring (bicyclic) bond motifs is 1. The second-order valence-corrected chi connectivity index (χ2v) is 13.0. The van der Waals surface area contributed by atoms with E-state index in [2.05, 4.69) is 24.5 Å². The van der Waals surface area contributed by atoms with Crippen molar-refractivity contribution >= 4 is 35.1 Å². The molecule has 2 atom stereocenters. The molecule has 1 saturated heterocycles. The lowest BCUT2D eigenvalue weighted by Crippen LogP contribution is -2.50. The molecule has 42 heavy (non-hydrogen) atoms. The fourth-order valence-corrected chi connectivity index (χ4v) is 5.49. The molecule has 2 heterocycles. The number of benzodiazepines with no additional fused rings is 1. The maximum atomic E-state index is 14.0. The normalized spacial score (nSPS) is 20.5. The summed E-state index contributed by atoms with van der Waals surface area (Å²) in [5, 5.41) is 5.65. The van der Waals surface area contributed by atoms with Crippen LogP contribution in [-0.2, 0) is 9.53 Å². The minimum atomic E-state index is -1.18. The number of carbonyl (C=O) groups excluding carboxylic acids is 3. The standard InChI is InChI=1S/C33H45N5O4/c1-8-19-37-25-15-10-9-14-24(25)27(26-16-17-33(6,7)18-20-38(26)31(41)42-32(3,4)5)35-28(29(37)39)36-30(40)34-23-13-11-12-22(2)21-23/h9-15,21,26,28H,8,16-20H2,1-7H3,(H2,34,36,40)/t26-,28+/m1/s1. The molecule has 0 bridgehead atoms. The average molecular weight is 576 g/mol. The van der Waals surface area contributed by atoms with Crippen LogP contribution in [0.3, 0.4) is 0 Å². The van der Waals surface area contributed by atoms with E-state index in [1.807, 2.05) is 77.1 Å². The van der Waals surface area contributed by atoms with Gasteiger partial charge in [-0.15, -0.1) is 0 Å². The summed E-state index contributed by atoms with van der Waals surface area (Å²) in [4.78, 5) is 49.3. The number of benzene rings is 2. The Morgan fingerprint density at radius 3 is 2.52 bits per heavy atom. The summed E-state index contributed by atoms with van der Waals surface area (Å²) in [7, 11) is 0. The topological polar surface area (TPSA) is 103 Å². The van der Waals surface area contributed by atoms with Crippen molar-refractivity contribution in [1.29, 1.82) is 0 Å². The summed E-state index contributed by atoms with van der Waals surface area (Å²) < 4.78 is 5.86. The first-order valence-corrected chi connectivity index (χ1v) is 14.9. The molecule has 4 amide bonds. The second kappa shape index (κ2) is 12.5. The van der Waals surface area contributed by atoms with Crippen LogP contribution in [0.4, 0.5) is 21.0 Å². The largest absolute Gasteiger partial charge is 0.444 e. The molecule has 2 aromatic rings. The van der Waals surface area contributed by atoms with Crippen LogP contribution in [0.1, 0.15) is 78.4 Å². The van der Waals surface area contributed by atoms with Gasteiger partial charge in [0.05, 0.1) is 17.4 Å². The van der Waals surface area contributed by atoms with Crippen molar-refractivity contribution in [1.82, 2.24) is 10.2 Å². The zero-order chi connectivity index (χ0) is 30.7. The van der Waals surface area contributed by atoms with Crippen LogP contribution in [0, 0.1) is 12.3 Å². The van der Waals surface area contributed by atoms with Gasteiger partial charge in [-0.1, -0.05) is 51.1 Å². The molecular weight excluding hydrogens is 530 g/mol. The molecule has 0 aliphatic carbocycles. The molecule has 0 spiro atoms. The van der Waals surface area contributed by atoms with Crippen LogP contribution in [0.25, 0.3) is 0 Å². The molecule has 0 radical (unpaired) electrons. The van der Waals surface area contributed by atoms with Gasteiger partial charge in [0.1, 0.15) is 5.60 Å². The zero-order valence-electron chi connectivity index (χ0n) is 26.0. The van der Waals surface area contributed by atoms with Crippen LogP contribution < -0.4 is 15.5 Å². The first-order chi connectivity index (χ1) is 19.8. The van der Waals surface area contributed by atoms with Crippen molar-refractivity contribution in [2.24, 2.45) is 10.4 Å². The highest BCUT2D eigenvalue weighted by molar-refractivity contribution is 6.16. The molecule has 9 nitrogen and oxygen atoms in total. The van der Waals surface area contributed by atoms with Crippen molar-refractivity contribution in [3.63, 3.8) is 0 Å². The number of carbonyl (C=O) groups is 3. The number of hydrogen-bond acceptors (Lipinski definition) is 5. The van der Waals surface area contributed by atoms with Gasteiger partial charge >= 0.3 is 12.1 Å². The zero-order valence-corrected chi connectivity index (χ0v) is 26.0. The van der Waals surface area contributed by atoms with Crippen LogP contribution in [-0.4, -0.2) is 59.5 Å². The lowest BCUT2D eigenvalue weighted by atomic mass is 9.84. The fourth-order valence-electron chi connectivity index (χ4n) is 5.49. The number of amides is 4. The molecule has 4 rings (SSSR count). The third kappa shape index (κ3) is 7.49. The van der Waals surface area contributed by atoms with Crippen molar-refractivity contribution in [3.8, 4) is 0 Å². The summed E-state index contributed by atoms with van der Waals surface area (Å²) in [6.07, 6.45) is 1.44. The van der Waals surface area contributed by atoms with Gasteiger partial charge < -0.3 is 20.3 Å². The molecule has 0 aromatic heterocycles.